The van der Waals surface area contributed by atoms with E-state index in [4.69, 9.17) is 0 Å². The Balaban J connectivity index is 1.39. The second-order valence-corrected chi connectivity index (χ2v) is 6.46. The van der Waals surface area contributed by atoms with Crippen molar-refractivity contribution in [2.45, 2.75) is 20.0 Å². The van der Waals surface area contributed by atoms with E-state index in [1.165, 1.54) is 0 Å². The van der Waals surface area contributed by atoms with Crippen LogP contribution in [0.15, 0.2) is 73.6 Å². The fourth-order valence-electron chi connectivity index (χ4n) is 2.93. The molecule has 0 aliphatic carbocycles. The van der Waals surface area contributed by atoms with Gasteiger partial charge in [0.15, 0.2) is 0 Å². The number of hydrogen-bond acceptors (Lipinski definition) is 4. The summed E-state index contributed by atoms with van der Waals surface area (Å²) in [5, 5.41) is 7.30. The van der Waals surface area contributed by atoms with E-state index < -0.39 is 0 Å². The van der Waals surface area contributed by atoms with Crippen molar-refractivity contribution in [1.29, 1.82) is 0 Å². The van der Waals surface area contributed by atoms with Crippen LogP contribution in [0, 0.1) is 6.92 Å². The molecule has 140 valence electrons. The summed E-state index contributed by atoms with van der Waals surface area (Å²) in [5.41, 5.74) is 3.49. The normalized spacial score (nSPS) is 10.8. The highest BCUT2D eigenvalue weighted by Crippen LogP contribution is 2.11. The van der Waals surface area contributed by atoms with Gasteiger partial charge in [-0.05, 0) is 24.1 Å². The third-order valence-electron chi connectivity index (χ3n) is 4.55. The summed E-state index contributed by atoms with van der Waals surface area (Å²) in [4.78, 5) is 21.0. The zero-order valence-corrected chi connectivity index (χ0v) is 15.5. The van der Waals surface area contributed by atoms with Crippen LogP contribution in [0.2, 0.25) is 0 Å². The number of imidazole rings is 1. The number of nitrogens with zero attached hydrogens (tertiary/aromatic N) is 5. The molecule has 1 N–H and O–H groups in total. The summed E-state index contributed by atoms with van der Waals surface area (Å²) in [7, 11) is 0. The molecule has 0 spiro atoms. The van der Waals surface area contributed by atoms with Crippen LogP contribution < -0.4 is 5.32 Å². The second-order valence-electron chi connectivity index (χ2n) is 6.46. The van der Waals surface area contributed by atoms with Gasteiger partial charge < -0.3 is 5.32 Å². The summed E-state index contributed by atoms with van der Waals surface area (Å²) in [6.45, 7) is 2.95. The number of aromatic nitrogens is 5. The number of pyridine rings is 1. The number of carbonyl (C=O) groups excluding carboxylic acids is 1. The molecule has 3 aromatic heterocycles. The Kier molecular flexibility index (Phi) is 4.97. The summed E-state index contributed by atoms with van der Waals surface area (Å²) in [5.74, 6) is 0.640. The van der Waals surface area contributed by atoms with Gasteiger partial charge in [0.25, 0.3) is 5.91 Å². The van der Waals surface area contributed by atoms with Crippen LogP contribution in [0.5, 0.6) is 0 Å². The number of amides is 1. The Bertz CT molecular complexity index is 1050. The summed E-state index contributed by atoms with van der Waals surface area (Å²) < 4.78 is 3.67. The largest absolute Gasteiger partial charge is 0.348 e. The highest BCUT2D eigenvalue weighted by molar-refractivity contribution is 5.95. The van der Waals surface area contributed by atoms with Gasteiger partial charge in [0.05, 0.1) is 18.3 Å². The molecule has 7 nitrogen and oxygen atoms in total. The molecule has 0 atom stereocenters. The van der Waals surface area contributed by atoms with Crippen LogP contribution in [0.3, 0.4) is 0 Å². The van der Waals surface area contributed by atoms with Crippen molar-refractivity contribution in [3.05, 3.63) is 96.0 Å². The van der Waals surface area contributed by atoms with Gasteiger partial charge in [-0.3, -0.25) is 14.0 Å². The van der Waals surface area contributed by atoms with Crippen LogP contribution in [-0.2, 0) is 13.1 Å². The van der Waals surface area contributed by atoms with Crippen molar-refractivity contribution in [2.24, 2.45) is 0 Å². The molecule has 3 heterocycles. The maximum absolute atomic E-state index is 12.6. The summed E-state index contributed by atoms with van der Waals surface area (Å²) in [6.07, 6.45) is 8.60. The lowest BCUT2D eigenvalue weighted by atomic mass is 10.2. The van der Waals surface area contributed by atoms with Crippen molar-refractivity contribution in [3.8, 4) is 5.82 Å². The molecule has 4 rings (SSSR count). The number of carbonyl (C=O) groups is 1. The van der Waals surface area contributed by atoms with Crippen molar-refractivity contribution < 1.29 is 4.79 Å². The fourth-order valence-corrected chi connectivity index (χ4v) is 2.93. The van der Waals surface area contributed by atoms with E-state index >= 15 is 0 Å². The Hall–Kier alpha value is -3.74. The molecule has 0 saturated carbocycles. The van der Waals surface area contributed by atoms with Crippen LogP contribution in [0.4, 0.5) is 0 Å². The topological polar surface area (TPSA) is 77.6 Å². The summed E-state index contributed by atoms with van der Waals surface area (Å²) >= 11 is 0. The molecule has 0 aliphatic heterocycles. The monoisotopic (exact) mass is 372 g/mol. The fraction of sp³-hybridized carbons (Fsp3) is 0.143. The average Bonchev–Trinajstić information content (AvgIpc) is 3.38. The Morgan fingerprint density at radius 1 is 1.07 bits per heavy atom. The number of nitrogens with one attached hydrogen (secondary N) is 1. The molecular weight excluding hydrogens is 352 g/mol. The molecule has 28 heavy (non-hydrogen) atoms. The number of rotatable bonds is 6. The minimum absolute atomic E-state index is 0.143. The van der Waals surface area contributed by atoms with Crippen molar-refractivity contribution in [2.75, 3.05) is 0 Å². The lowest BCUT2D eigenvalue weighted by Gasteiger charge is -2.07. The first-order chi connectivity index (χ1) is 13.7. The Morgan fingerprint density at radius 3 is 2.64 bits per heavy atom. The zero-order valence-electron chi connectivity index (χ0n) is 15.5. The standard InChI is InChI=1S/C21H20N6O/c1-16-19(13-25-27(16)14-17-5-3-2-4-6-17)21(28)24-12-18-7-8-20(23-11-18)26-10-9-22-15-26/h2-11,13,15H,12,14H2,1H3,(H,24,28). The van der Waals surface area contributed by atoms with Gasteiger partial charge in [-0.25, -0.2) is 9.97 Å². The highest BCUT2D eigenvalue weighted by atomic mass is 16.1. The second kappa shape index (κ2) is 7.87. The highest BCUT2D eigenvalue weighted by Gasteiger charge is 2.14. The predicted molar refractivity (Wildman–Crippen MR) is 105 cm³/mol. The van der Waals surface area contributed by atoms with E-state index in [0.717, 1.165) is 22.6 Å². The van der Waals surface area contributed by atoms with Gasteiger partial charge in [0.1, 0.15) is 12.1 Å². The third kappa shape index (κ3) is 3.83. The van der Waals surface area contributed by atoms with Crippen molar-refractivity contribution >= 4 is 5.91 Å². The van der Waals surface area contributed by atoms with Crippen molar-refractivity contribution in [1.82, 2.24) is 29.6 Å². The number of hydrogen-bond donors (Lipinski definition) is 1. The molecule has 1 amide bonds. The smallest absolute Gasteiger partial charge is 0.255 e. The molecule has 0 fully saturated rings. The summed E-state index contributed by atoms with van der Waals surface area (Å²) in [6, 6.07) is 13.9. The van der Waals surface area contributed by atoms with Gasteiger partial charge >= 0.3 is 0 Å². The van der Waals surface area contributed by atoms with E-state index in [0.29, 0.717) is 18.7 Å². The Labute approximate surface area is 162 Å². The van der Waals surface area contributed by atoms with E-state index in [-0.39, 0.29) is 5.91 Å². The van der Waals surface area contributed by atoms with Crippen LogP contribution in [0.1, 0.15) is 27.2 Å². The molecule has 1 aromatic carbocycles. The molecule has 0 bridgehead atoms. The molecule has 0 radical (unpaired) electrons. The molecule has 4 aromatic rings. The lowest BCUT2D eigenvalue weighted by Crippen LogP contribution is -2.23. The van der Waals surface area contributed by atoms with E-state index in [1.54, 1.807) is 24.9 Å². The maximum Gasteiger partial charge on any atom is 0.255 e. The van der Waals surface area contributed by atoms with Crippen LogP contribution in [0.25, 0.3) is 5.82 Å². The van der Waals surface area contributed by atoms with Crippen LogP contribution in [-0.4, -0.2) is 30.2 Å². The molecule has 0 unspecified atom stereocenters. The SMILES string of the molecule is Cc1c(C(=O)NCc2ccc(-n3ccnc3)nc2)cnn1Cc1ccccc1. The average molecular weight is 372 g/mol. The van der Waals surface area contributed by atoms with Gasteiger partial charge in [-0.15, -0.1) is 0 Å². The zero-order chi connectivity index (χ0) is 19.3. The number of benzene rings is 1. The lowest BCUT2D eigenvalue weighted by molar-refractivity contribution is 0.0950. The molecule has 0 aliphatic rings. The van der Waals surface area contributed by atoms with Gasteiger partial charge in [-0.1, -0.05) is 36.4 Å². The van der Waals surface area contributed by atoms with E-state index in [9.17, 15) is 4.79 Å². The first kappa shape index (κ1) is 17.7. The van der Waals surface area contributed by atoms with Crippen molar-refractivity contribution in [3.63, 3.8) is 0 Å². The molecule has 7 heteroatoms. The van der Waals surface area contributed by atoms with Gasteiger partial charge in [0.2, 0.25) is 0 Å². The Morgan fingerprint density at radius 2 is 1.93 bits per heavy atom. The van der Waals surface area contributed by atoms with Gasteiger partial charge in [-0.2, -0.15) is 5.10 Å². The maximum atomic E-state index is 12.6. The first-order valence-corrected chi connectivity index (χ1v) is 8.98. The molecular formula is C21H20N6O. The van der Waals surface area contributed by atoms with E-state index in [1.807, 2.05) is 64.8 Å². The van der Waals surface area contributed by atoms with Crippen LogP contribution >= 0.6 is 0 Å². The third-order valence-corrected chi connectivity index (χ3v) is 4.55. The van der Waals surface area contributed by atoms with E-state index in [2.05, 4.69) is 20.4 Å². The quantitative estimate of drug-likeness (QED) is 0.565. The minimum Gasteiger partial charge on any atom is -0.348 e. The minimum atomic E-state index is -0.143. The molecule has 0 saturated heterocycles. The first-order valence-electron chi connectivity index (χ1n) is 8.98. The van der Waals surface area contributed by atoms with Gasteiger partial charge in [0, 0.05) is 30.8 Å². The predicted octanol–water partition coefficient (Wildman–Crippen LogP) is 2.75.